The fourth-order valence-electron chi connectivity index (χ4n) is 1.69. The van der Waals surface area contributed by atoms with Crippen molar-refractivity contribution in [2.24, 2.45) is 0 Å². The van der Waals surface area contributed by atoms with Gasteiger partial charge in [-0.3, -0.25) is 4.79 Å². The molecule has 1 aliphatic rings. The van der Waals surface area contributed by atoms with Gasteiger partial charge in [-0.05, 0) is 11.3 Å². The Morgan fingerprint density at radius 3 is 3.06 bits per heavy atom. The molecule has 0 aliphatic carbocycles. The summed E-state index contributed by atoms with van der Waals surface area (Å²) in [6.45, 7) is 1.12. The Morgan fingerprint density at radius 1 is 1.76 bits per heavy atom. The maximum Gasteiger partial charge on any atom is 0.343 e. The number of aromatic nitrogens is 2. The Balaban J connectivity index is 2.09. The lowest BCUT2D eigenvalue weighted by molar-refractivity contribution is -0.389. The fraction of sp³-hybridized carbons (Fsp3) is 0.556. The number of hydrogen-bond acceptors (Lipinski definition) is 5. The molecule has 8 nitrogen and oxygen atoms in total. The zero-order chi connectivity index (χ0) is 12.4. The molecule has 1 fully saturated rings. The number of aromatic amines is 1. The predicted molar refractivity (Wildman–Crippen MR) is 56.6 cm³/mol. The van der Waals surface area contributed by atoms with E-state index < -0.39 is 4.92 Å². The Labute approximate surface area is 96.7 Å². The van der Waals surface area contributed by atoms with Crippen LogP contribution in [0.3, 0.4) is 0 Å². The summed E-state index contributed by atoms with van der Waals surface area (Å²) in [4.78, 5) is 23.3. The highest BCUT2D eigenvalue weighted by molar-refractivity contribution is 5.92. The number of H-pyrrole nitrogens is 1. The summed E-state index contributed by atoms with van der Waals surface area (Å²) < 4.78 is 5.18. The van der Waals surface area contributed by atoms with Gasteiger partial charge in [0.05, 0.1) is 18.7 Å². The second-order valence-electron chi connectivity index (χ2n) is 3.83. The number of nitro groups is 1. The summed E-state index contributed by atoms with van der Waals surface area (Å²) in [7, 11) is 1.64. The van der Waals surface area contributed by atoms with Crippen LogP contribution in [0.4, 0.5) is 5.82 Å². The summed E-state index contributed by atoms with van der Waals surface area (Å²) in [6, 6.07) is 1.15. The number of amides is 1. The first kappa shape index (κ1) is 11.5. The average molecular weight is 240 g/mol. The molecule has 8 heteroatoms. The van der Waals surface area contributed by atoms with Crippen molar-refractivity contribution < 1.29 is 14.5 Å². The lowest BCUT2D eigenvalue weighted by Gasteiger charge is -2.21. The smallest absolute Gasteiger partial charge is 0.343 e. The van der Waals surface area contributed by atoms with Crippen LogP contribution in [0.5, 0.6) is 0 Å². The maximum absolute atomic E-state index is 11.9. The SMILES string of the molecule is CN(C(=O)c1cc([N+](=O)[O-])[nH]n1)C1CCOC1. The van der Waals surface area contributed by atoms with Gasteiger partial charge >= 0.3 is 5.82 Å². The fourth-order valence-corrected chi connectivity index (χ4v) is 1.69. The molecule has 17 heavy (non-hydrogen) atoms. The first-order valence-electron chi connectivity index (χ1n) is 5.14. The molecule has 92 valence electrons. The molecular weight excluding hydrogens is 228 g/mol. The van der Waals surface area contributed by atoms with Gasteiger partial charge in [0.25, 0.3) is 5.91 Å². The number of ether oxygens (including phenoxy) is 1. The molecule has 1 aliphatic heterocycles. The number of nitrogens with one attached hydrogen (secondary N) is 1. The molecular formula is C9H12N4O4. The minimum atomic E-state index is -0.623. The third-order valence-electron chi connectivity index (χ3n) is 2.75. The molecule has 1 unspecified atom stereocenters. The average Bonchev–Trinajstić information content (AvgIpc) is 2.97. The van der Waals surface area contributed by atoms with Crippen LogP contribution in [0.1, 0.15) is 16.9 Å². The quantitative estimate of drug-likeness (QED) is 0.599. The van der Waals surface area contributed by atoms with E-state index >= 15 is 0 Å². The van der Waals surface area contributed by atoms with Crippen molar-refractivity contribution >= 4 is 11.7 Å². The molecule has 1 aromatic heterocycles. The number of carbonyl (C=O) groups is 1. The van der Waals surface area contributed by atoms with Crippen molar-refractivity contribution in [1.82, 2.24) is 15.1 Å². The summed E-state index contributed by atoms with van der Waals surface area (Å²) in [6.07, 6.45) is 0.773. The number of likely N-dealkylation sites (N-methyl/N-ethyl adjacent to an activating group) is 1. The summed E-state index contributed by atoms with van der Waals surface area (Å²) in [5.74, 6) is -0.630. The molecule has 0 bridgehead atoms. The minimum Gasteiger partial charge on any atom is -0.379 e. The van der Waals surface area contributed by atoms with Crippen molar-refractivity contribution in [2.75, 3.05) is 20.3 Å². The molecule has 0 saturated carbocycles. The molecule has 0 radical (unpaired) electrons. The Hall–Kier alpha value is -1.96. The van der Waals surface area contributed by atoms with Crippen molar-refractivity contribution in [1.29, 1.82) is 0 Å². The van der Waals surface area contributed by atoms with E-state index in [9.17, 15) is 14.9 Å². The largest absolute Gasteiger partial charge is 0.379 e. The van der Waals surface area contributed by atoms with Crippen molar-refractivity contribution in [3.63, 3.8) is 0 Å². The first-order valence-corrected chi connectivity index (χ1v) is 5.14. The van der Waals surface area contributed by atoms with E-state index in [4.69, 9.17) is 4.74 Å². The van der Waals surface area contributed by atoms with Crippen LogP contribution in [0, 0.1) is 10.1 Å². The summed E-state index contributed by atoms with van der Waals surface area (Å²) >= 11 is 0. The van der Waals surface area contributed by atoms with E-state index in [1.165, 1.54) is 4.90 Å². The lowest BCUT2D eigenvalue weighted by Crippen LogP contribution is -2.37. The van der Waals surface area contributed by atoms with Gasteiger partial charge in [0, 0.05) is 13.7 Å². The van der Waals surface area contributed by atoms with Gasteiger partial charge in [0.15, 0.2) is 5.69 Å². The summed E-state index contributed by atoms with van der Waals surface area (Å²) in [5, 5.41) is 16.3. The van der Waals surface area contributed by atoms with Crippen molar-refractivity contribution in [2.45, 2.75) is 12.5 Å². The highest BCUT2D eigenvalue weighted by Gasteiger charge is 2.27. The van der Waals surface area contributed by atoms with E-state index in [2.05, 4.69) is 10.2 Å². The number of hydrogen-bond donors (Lipinski definition) is 1. The standard InChI is InChI=1S/C9H12N4O4/c1-12(6-2-3-17-5-6)9(14)7-4-8(11-10-7)13(15)16/h4,6H,2-3,5H2,1H3,(H,10,11). The summed E-state index contributed by atoms with van der Waals surface area (Å²) in [5.41, 5.74) is 0.0473. The highest BCUT2D eigenvalue weighted by Crippen LogP contribution is 2.15. The molecule has 2 rings (SSSR count). The predicted octanol–water partition coefficient (Wildman–Crippen LogP) is 0.179. The van der Waals surface area contributed by atoms with Crippen molar-refractivity contribution in [3.05, 3.63) is 21.9 Å². The van der Waals surface area contributed by atoms with Crippen LogP contribution in [-0.2, 0) is 4.74 Å². The monoisotopic (exact) mass is 240 g/mol. The van der Waals surface area contributed by atoms with Gasteiger partial charge in [-0.15, -0.1) is 5.10 Å². The number of carbonyl (C=O) groups excluding carboxylic acids is 1. The van der Waals surface area contributed by atoms with Gasteiger partial charge in [-0.1, -0.05) is 5.10 Å². The Kier molecular flexibility index (Phi) is 3.05. The minimum absolute atomic E-state index is 0.0123. The molecule has 1 N–H and O–H groups in total. The van der Waals surface area contributed by atoms with Gasteiger partial charge < -0.3 is 19.8 Å². The van der Waals surface area contributed by atoms with Crippen LogP contribution < -0.4 is 0 Å². The number of rotatable bonds is 3. The number of nitrogens with zero attached hydrogens (tertiary/aromatic N) is 3. The van der Waals surface area contributed by atoms with Crippen molar-refractivity contribution in [3.8, 4) is 0 Å². The second-order valence-corrected chi connectivity index (χ2v) is 3.83. The molecule has 1 saturated heterocycles. The van der Waals surface area contributed by atoms with Gasteiger partial charge in [-0.25, -0.2) is 0 Å². The third kappa shape index (κ3) is 2.26. The molecule has 1 aromatic rings. The lowest BCUT2D eigenvalue weighted by atomic mass is 10.2. The Bertz CT molecular complexity index is 438. The highest BCUT2D eigenvalue weighted by atomic mass is 16.6. The van der Waals surface area contributed by atoms with Crippen LogP contribution in [0.25, 0.3) is 0 Å². The van der Waals surface area contributed by atoms with E-state index in [0.717, 1.165) is 12.5 Å². The molecule has 0 aromatic carbocycles. The topological polar surface area (TPSA) is 101 Å². The second kappa shape index (κ2) is 4.50. The maximum atomic E-state index is 11.9. The normalized spacial score (nSPS) is 19.2. The zero-order valence-electron chi connectivity index (χ0n) is 9.25. The Morgan fingerprint density at radius 2 is 2.53 bits per heavy atom. The van der Waals surface area contributed by atoms with Gasteiger partial charge in [0.2, 0.25) is 0 Å². The third-order valence-corrected chi connectivity index (χ3v) is 2.75. The molecule has 0 spiro atoms. The van der Waals surface area contributed by atoms with Crippen LogP contribution in [-0.4, -0.2) is 52.2 Å². The van der Waals surface area contributed by atoms with E-state index in [1.54, 1.807) is 7.05 Å². The van der Waals surface area contributed by atoms with E-state index in [-0.39, 0.29) is 23.5 Å². The van der Waals surface area contributed by atoms with Gasteiger partial charge in [-0.2, -0.15) is 0 Å². The van der Waals surface area contributed by atoms with E-state index in [1.807, 2.05) is 0 Å². The van der Waals surface area contributed by atoms with Crippen LogP contribution in [0.2, 0.25) is 0 Å². The van der Waals surface area contributed by atoms with Gasteiger partial charge in [0.1, 0.15) is 0 Å². The molecule has 1 amide bonds. The van der Waals surface area contributed by atoms with Crippen LogP contribution in [0.15, 0.2) is 6.07 Å². The zero-order valence-corrected chi connectivity index (χ0v) is 9.25. The molecule has 1 atom stereocenters. The first-order chi connectivity index (χ1) is 8.09. The molecule has 2 heterocycles. The van der Waals surface area contributed by atoms with Crippen LogP contribution >= 0.6 is 0 Å². The van der Waals surface area contributed by atoms with E-state index in [0.29, 0.717) is 13.2 Å².